The van der Waals surface area contributed by atoms with Crippen LogP contribution in [0.5, 0.6) is 5.75 Å². The largest absolute Gasteiger partial charge is 0.427 e. The van der Waals surface area contributed by atoms with E-state index in [0.717, 1.165) is 12.8 Å². The van der Waals surface area contributed by atoms with Crippen molar-refractivity contribution in [3.8, 4) is 5.75 Å². The lowest BCUT2D eigenvalue weighted by Gasteiger charge is -2.04. The lowest BCUT2D eigenvalue weighted by molar-refractivity contribution is -0.134. The maximum Gasteiger partial charge on any atom is 0.311 e. The molecule has 0 saturated carbocycles. The van der Waals surface area contributed by atoms with Gasteiger partial charge in [0.05, 0.1) is 0 Å². The zero-order valence-electron chi connectivity index (χ0n) is 16.3. The van der Waals surface area contributed by atoms with Crippen molar-refractivity contribution in [2.24, 2.45) is 0 Å². The zero-order valence-corrected chi connectivity index (χ0v) is 16.3. The molecule has 0 bridgehead atoms. The summed E-state index contributed by atoms with van der Waals surface area (Å²) in [5.74, 6) is 0.544. The Hall–Kier alpha value is -1.31. The molecule has 2 nitrogen and oxygen atoms in total. The second kappa shape index (κ2) is 16.2. The quantitative estimate of drug-likeness (QED) is 0.176. The van der Waals surface area contributed by atoms with Crippen molar-refractivity contribution in [3.05, 3.63) is 30.3 Å². The highest BCUT2D eigenvalue weighted by Crippen LogP contribution is 2.14. The Morgan fingerprint density at radius 1 is 0.680 bits per heavy atom. The third-order valence-electron chi connectivity index (χ3n) is 4.71. The van der Waals surface area contributed by atoms with Crippen LogP contribution in [0.4, 0.5) is 0 Å². The summed E-state index contributed by atoms with van der Waals surface area (Å²) in [4.78, 5) is 11.7. The maximum atomic E-state index is 11.7. The molecule has 0 fully saturated rings. The molecule has 0 aliphatic heterocycles. The molecule has 0 saturated heterocycles. The van der Waals surface area contributed by atoms with E-state index in [4.69, 9.17) is 4.74 Å². The Morgan fingerprint density at radius 2 is 1.12 bits per heavy atom. The van der Waals surface area contributed by atoms with E-state index in [0.29, 0.717) is 12.2 Å². The predicted molar refractivity (Wildman–Crippen MR) is 107 cm³/mol. The first-order chi connectivity index (χ1) is 12.3. The van der Waals surface area contributed by atoms with E-state index in [9.17, 15) is 4.79 Å². The van der Waals surface area contributed by atoms with E-state index in [1.807, 2.05) is 30.3 Å². The average molecular weight is 347 g/mol. The summed E-state index contributed by atoms with van der Waals surface area (Å²) in [7, 11) is 0. The fourth-order valence-corrected chi connectivity index (χ4v) is 3.13. The number of hydrogen-bond acceptors (Lipinski definition) is 2. The summed E-state index contributed by atoms with van der Waals surface area (Å²) in [6.45, 7) is 2.27. The maximum absolute atomic E-state index is 11.7. The van der Waals surface area contributed by atoms with Crippen molar-refractivity contribution in [3.63, 3.8) is 0 Å². The van der Waals surface area contributed by atoms with Crippen LogP contribution in [0.25, 0.3) is 0 Å². The minimum Gasteiger partial charge on any atom is -0.427 e. The van der Waals surface area contributed by atoms with Crippen LogP contribution in [0.3, 0.4) is 0 Å². The molecule has 0 radical (unpaired) electrons. The number of esters is 1. The van der Waals surface area contributed by atoms with Crippen molar-refractivity contribution in [2.45, 2.75) is 103 Å². The van der Waals surface area contributed by atoms with Gasteiger partial charge in [-0.3, -0.25) is 4.79 Å². The summed E-state index contributed by atoms with van der Waals surface area (Å²) < 4.78 is 5.29. The molecule has 0 aliphatic rings. The molecule has 1 rings (SSSR count). The van der Waals surface area contributed by atoms with Gasteiger partial charge in [-0.2, -0.15) is 0 Å². The average Bonchev–Trinajstić information content (AvgIpc) is 2.63. The number of ether oxygens (including phenoxy) is 1. The topological polar surface area (TPSA) is 26.3 Å². The van der Waals surface area contributed by atoms with Crippen LogP contribution in [0, 0.1) is 0 Å². The number of carbonyl (C=O) groups is 1. The van der Waals surface area contributed by atoms with Gasteiger partial charge in [-0.05, 0) is 18.6 Å². The Labute approximate surface area is 155 Å². The first-order valence-electron chi connectivity index (χ1n) is 10.6. The van der Waals surface area contributed by atoms with Crippen molar-refractivity contribution in [2.75, 3.05) is 0 Å². The summed E-state index contributed by atoms with van der Waals surface area (Å²) in [5.41, 5.74) is 0. The number of unbranched alkanes of at least 4 members (excludes halogenated alkanes) is 13. The van der Waals surface area contributed by atoms with Crippen LogP contribution in [0.2, 0.25) is 0 Å². The number of para-hydroxylation sites is 1. The van der Waals surface area contributed by atoms with Gasteiger partial charge in [0.25, 0.3) is 0 Å². The van der Waals surface area contributed by atoms with E-state index in [-0.39, 0.29) is 5.97 Å². The molecular formula is C23H38O2. The van der Waals surface area contributed by atoms with Gasteiger partial charge in [-0.1, -0.05) is 109 Å². The van der Waals surface area contributed by atoms with E-state index in [2.05, 4.69) is 6.92 Å². The lowest BCUT2D eigenvalue weighted by Crippen LogP contribution is -2.07. The number of benzene rings is 1. The molecule has 0 heterocycles. The van der Waals surface area contributed by atoms with E-state index < -0.39 is 0 Å². The molecule has 2 heteroatoms. The fraction of sp³-hybridized carbons (Fsp3) is 0.696. The summed E-state index contributed by atoms with van der Waals surface area (Å²) in [5, 5.41) is 0. The molecule has 1 aromatic rings. The second-order valence-electron chi connectivity index (χ2n) is 7.13. The summed E-state index contributed by atoms with van der Waals surface area (Å²) in [6, 6.07) is 9.33. The van der Waals surface area contributed by atoms with Crippen molar-refractivity contribution in [1.82, 2.24) is 0 Å². The van der Waals surface area contributed by atoms with Crippen LogP contribution in [-0.4, -0.2) is 5.97 Å². The number of hydrogen-bond donors (Lipinski definition) is 0. The summed E-state index contributed by atoms with van der Waals surface area (Å²) >= 11 is 0. The van der Waals surface area contributed by atoms with Crippen LogP contribution in [-0.2, 0) is 4.79 Å². The molecule has 0 spiro atoms. The van der Waals surface area contributed by atoms with Crippen molar-refractivity contribution in [1.29, 1.82) is 0 Å². The Morgan fingerprint density at radius 3 is 1.60 bits per heavy atom. The second-order valence-corrected chi connectivity index (χ2v) is 7.13. The van der Waals surface area contributed by atoms with Gasteiger partial charge in [-0.15, -0.1) is 0 Å². The van der Waals surface area contributed by atoms with Crippen LogP contribution in [0.15, 0.2) is 30.3 Å². The lowest BCUT2D eigenvalue weighted by atomic mass is 10.0. The Bertz CT molecular complexity index is 413. The molecule has 25 heavy (non-hydrogen) atoms. The van der Waals surface area contributed by atoms with Gasteiger partial charge in [0.1, 0.15) is 5.75 Å². The molecule has 0 aliphatic carbocycles. The van der Waals surface area contributed by atoms with Gasteiger partial charge >= 0.3 is 5.97 Å². The monoisotopic (exact) mass is 346 g/mol. The fourth-order valence-electron chi connectivity index (χ4n) is 3.13. The van der Waals surface area contributed by atoms with E-state index in [1.54, 1.807) is 0 Å². The normalized spacial score (nSPS) is 10.8. The van der Waals surface area contributed by atoms with Crippen LogP contribution >= 0.6 is 0 Å². The van der Waals surface area contributed by atoms with Gasteiger partial charge in [0.15, 0.2) is 0 Å². The summed E-state index contributed by atoms with van der Waals surface area (Å²) in [6.07, 6.45) is 19.2. The molecule has 0 atom stereocenters. The minimum atomic E-state index is -0.106. The highest BCUT2D eigenvalue weighted by Gasteiger charge is 2.03. The van der Waals surface area contributed by atoms with Crippen molar-refractivity contribution >= 4 is 5.97 Å². The van der Waals surface area contributed by atoms with Crippen LogP contribution < -0.4 is 4.74 Å². The zero-order chi connectivity index (χ0) is 18.0. The molecule has 142 valence electrons. The van der Waals surface area contributed by atoms with Gasteiger partial charge in [-0.25, -0.2) is 0 Å². The highest BCUT2D eigenvalue weighted by atomic mass is 16.5. The molecule has 0 N–H and O–H groups in total. The van der Waals surface area contributed by atoms with Gasteiger partial charge in [0.2, 0.25) is 0 Å². The third-order valence-corrected chi connectivity index (χ3v) is 4.71. The first-order valence-corrected chi connectivity index (χ1v) is 10.6. The van der Waals surface area contributed by atoms with Crippen molar-refractivity contribution < 1.29 is 9.53 Å². The molecule has 1 aromatic carbocycles. The smallest absolute Gasteiger partial charge is 0.311 e. The predicted octanol–water partition coefficient (Wildman–Crippen LogP) is 7.46. The molecule has 0 unspecified atom stereocenters. The van der Waals surface area contributed by atoms with Gasteiger partial charge < -0.3 is 4.74 Å². The Kier molecular flexibility index (Phi) is 14.1. The molecular weight excluding hydrogens is 308 g/mol. The number of carbonyl (C=O) groups excluding carboxylic acids is 1. The van der Waals surface area contributed by atoms with E-state index >= 15 is 0 Å². The molecule has 0 aromatic heterocycles. The Balaban J connectivity index is 1.79. The van der Waals surface area contributed by atoms with E-state index in [1.165, 1.54) is 77.0 Å². The minimum absolute atomic E-state index is 0.106. The standard InChI is InChI=1S/C23H38O2/c1-2-3-4-5-6-7-8-9-10-11-12-13-14-18-21-23(24)25-22-19-16-15-17-20-22/h15-17,19-20H,2-14,18,21H2,1H3. The van der Waals surface area contributed by atoms with Gasteiger partial charge in [0, 0.05) is 6.42 Å². The SMILES string of the molecule is CCCCCCCCCCCCCCCCC(=O)Oc1ccccc1. The number of rotatable bonds is 16. The highest BCUT2D eigenvalue weighted by molar-refractivity contribution is 5.72. The molecule has 0 amide bonds. The first kappa shape index (κ1) is 21.7. The third kappa shape index (κ3) is 13.6. The van der Waals surface area contributed by atoms with Crippen LogP contribution in [0.1, 0.15) is 103 Å².